The number of carbonyl (C=O) groups excluding carboxylic acids is 2. The molecular weight excluding hydrogens is 290 g/mol. The molecule has 0 bridgehead atoms. The number of nitrogens with one attached hydrogen (secondary N) is 2. The van der Waals surface area contributed by atoms with E-state index in [-0.39, 0.29) is 24.6 Å². The molecule has 0 aliphatic carbocycles. The fourth-order valence-electron chi connectivity index (χ4n) is 1.61. The molecule has 0 unspecified atom stereocenters. The number of urea groups is 1. The summed E-state index contributed by atoms with van der Waals surface area (Å²) in [4.78, 5) is 24.7. The van der Waals surface area contributed by atoms with Gasteiger partial charge in [-0.2, -0.15) is 11.8 Å². The molecule has 1 aromatic rings. The average Bonchev–Trinajstić information content (AvgIpc) is 2.40. The lowest BCUT2D eigenvalue weighted by atomic mass is 10.3. The molecule has 3 amide bonds. The molecule has 1 heterocycles. The van der Waals surface area contributed by atoms with Gasteiger partial charge in [-0.25, -0.2) is 4.79 Å². The Hall–Kier alpha value is -1.89. The minimum atomic E-state index is -0.221. The quantitative estimate of drug-likeness (QED) is 0.862. The van der Waals surface area contributed by atoms with E-state index in [2.05, 4.69) is 10.6 Å². The van der Waals surface area contributed by atoms with Crippen LogP contribution in [0, 0.1) is 0 Å². The number of anilines is 1. The van der Waals surface area contributed by atoms with Crippen molar-refractivity contribution in [1.29, 1.82) is 0 Å². The van der Waals surface area contributed by atoms with Crippen LogP contribution < -0.4 is 15.4 Å². The predicted molar refractivity (Wildman–Crippen MR) is 83.9 cm³/mol. The molecule has 1 fully saturated rings. The standard InChI is InChI=1S/C14H19N3O3S/c1-17(2)13(18)7-20-12-5-3-4-10(6-12)15-14(19)16-11-8-21-9-11/h3-6,11H,7-9H2,1-2H3,(H2,15,16,19). The van der Waals surface area contributed by atoms with E-state index in [0.717, 1.165) is 11.5 Å². The number of benzene rings is 1. The summed E-state index contributed by atoms with van der Waals surface area (Å²) in [6.45, 7) is -0.0258. The van der Waals surface area contributed by atoms with Crippen LogP contribution >= 0.6 is 11.8 Å². The first-order valence-corrected chi connectivity index (χ1v) is 7.78. The molecule has 0 saturated carbocycles. The molecule has 21 heavy (non-hydrogen) atoms. The van der Waals surface area contributed by atoms with Gasteiger partial charge in [-0.05, 0) is 12.1 Å². The van der Waals surface area contributed by atoms with Gasteiger partial charge < -0.3 is 20.3 Å². The number of hydrogen-bond donors (Lipinski definition) is 2. The van der Waals surface area contributed by atoms with Crippen molar-refractivity contribution in [2.75, 3.05) is 37.5 Å². The minimum Gasteiger partial charge on any atom is -0.484 e. The molecule has 7 heteroatoms. The Balaban J connectivity index is 1.84. The van der Waals surface area contributed by atoms with Crippen LogP contribution in [0.25, 0.3) is 0 Å². The fourth-order valence-corrected chi connectivity index (χ4v) is 2.25. The smallest absolute Gasteiger partial charge is 0.319 e. The van der Waals surface area contributed by atoms with Crippen LogP contribution in [0.4, 0.5) is 10.5 Å². The maximum atomic E-state index is 11.7. The SMILES string of the molecule is CN(C)C(=O)COc1cccc(NC(=O)NC2CSC2)c1. The van der Waals surface area contributed by atoms with Gasteiger partial charge in [0.05, 0.1) is 0 Å². The molecule has 0 radical (unpaired) electrons. The first-order valence-electron chi connectivity index (χ1n) is 6.63. The van der Waals surface area contributed by atoms with Gasteiger partial charge in [0.15, 0.2) is 6.61 Å². The predicted octanol–water partition coefficient (Wildman–Crippen LogP) is 1.39. The van der Waals surface area contributed by atoms with Crippen LogP contribution in [0.5, 0.6) is 5.75 Å². The first kappa shape index (κ1) is 15.5. The third-order valence-electron chi connectivity index (χ3n) is 2.93. The van der Waals surface area contributed by atoms with Crippen molar-refractivity contribution >= 4 is 29.4 Å². The summed E-state index contributed by atoms with van der Waals surface area (Å²) in [7, 11) is 3.35. The third-order valence-corrected chi connectivity index (χ3v) is 4.20. The van der Waals surface area contributed by atoms with Crippen molar-refractivity contribution in [1.82, 2.24) is 10.2 Å². The summed E-state index contributed by atoms with van der Waals surface area (Å²) in [6.07, 6.45) is 0. The highest BCUT2D eigenvalue weighted by molar-refractivity contribution is 8.00. The molecule has 1 aliphatic heterocycles. The van der Waals surface area contributed by atoms with Crippen molar-refractivity contribution in [3.8, 4) is 5.75 Å². The topological polar surface area (TPSA) is 70.7 Å². The number of amides is 3. The first-order chi connectivity index (χ1) is 10.0. The van der Waals surface area contributed by atoms with Crippen LogP contribution in [0.3, 0.4) is 0 Å². The van der Waals surface area contributed by atoms with E-state index in [1.54, 1.807) is 38.4 Å². The summed E-state index contributed by atoms with van der Waals surface area (Å²) in [5.74, 6) is 2.35. The zero-order valence-corrected chi connectivity index (χ0v) is 12.9. The molecule has 1 saturated heterocycles. The van der Waals surface area contributed by atoms with Crippen molar-refractivity contribution in [3.63, 3.8) is 0 Å². The Kier molecular flexibility index (Phi) is 5.32. The summed E-state index contributed by atoms with van der Waals surface area (Å²) < 4.78 is 5.40. The molecular formula is C14H19N3O3S. The van der Waals surface area contributed by atoms with Crippen LogP contribution in [0.1, 0.15) is 0 Å². The highest BCUT2D eigenvalue weighted by Crippen LogP contribution is 2.19. The van der Waals surface area contributed by atoms with Gasteiger partial charge in [0.2, 0.25) is 0 Å². The summed E-state index contributed by atoms with van der Waals surface area (Å²) in [5, 5.41) is 5.63. The Morgan fingerprint density at radius 1 is 1.38 bits per heavy atom. The number of nitrogens with zero attached hydrogens (tertiary/aromatic N) is 1. The molecule has 6 nitrogen and oxygen atoms in total. The van der Waals surface area contributed by atoms with E-state index >= 15 is 0 Å². The number of thioether (sulfide) groups is 1. The molecule has 1 aliphatic rings. The van der Waals surface area contributed by atoms with E-state index in [4.69, 9.17) is 4.74 Å². The van der Waals surface area contributed by atoms with Gasteiger partial charge in [-0.15, -0.1) is 0 Å². The van der Waals surface area contributed by atoms with Crippen LogP contribution in [-0.4, -0.2) is 55.1 Å². The van der Waals surface area contributed by atoms with E-state index in [9.17, 15) is 9.59 Å². The van der Waals surface area contributed by atoms with Crippen molar-refractivity contribution in [3.05, 3.63) is 24.3 Å². The molecule has 0 aromatic heterocycles. The minimum absolute atomic E-state index is 0.0258. The Bertz CT molecular complexity index is 518. The normalized spacial score (nSPS) is 14.0. The molecule has 0 spiro atoms. The van der Waals surface area contributed by atoms with Crippen LogP contribution in [0.2, 0.25) is 0 Å². The largest absolute Gasteiger partial charge is 0.484 e. The lowest BCUT2D eigenvalue weighted by Gasteiger charge is -2.25. The zero-order chi connectivity index (χ0) is 15.2. The Labute approximate surface area is 128 Å². The number of rotatable bonds is 5. The van der Waals surface area contributed by atoms with Gasteiger partial charge in [0.25, 0.3) is 5.91 Å². The van der Waals surface area contributed by atoms with Crippen molar-refractivity contribution in [2.24, 2.45) is 0 Å². The van der Waals surface area contributed by atoms with Crippen LogP contribution in [-0.2, 0) is 4.79 Å². The van der Waals surface area contributed by atoms with Gasteiger partial charge in [-0.1, -0.05) is 6.07 Å². The van der Waals surface area contributed by atoms with Gasteiger partial charge in [0, 0.05) is 43.4 Å². The lowest BCUT2D eigenvalue weighted by Crippen LogP contribution is -2.45. The summed E-state index contributed by atoms with van der Waals surface area (Å²) in [5.41, 5.74) is 0.634. The highest BCUT2D eigenvalue weighted by atomic mass is 32.2. The van der Waals surface area contributed by atoms with Gasteiger partial charge in [0.1, 0.15) is 5.75 Å². The summed E-state index contributed by atoms with van der Waals surface area (Å²) in [6, 6.07) is 7.01. The van der Waals surface area contributed by atoms with E-state index in [1.807, 2.05) is 11.8 Å². The fraction of sp³-hybridized carbons (Fsp3) is 0.429. The van der Waals surface area contributed by atoms with E-state index < -0.39 is 0 Å². The van der Waals surface area contributed by atoms with Gasteiger partial charge >= 0.3 is 6.03 Å². The highest BCUT2D eigenvalue weighted by Gasteiger charge is 2.19. The number of hydrogen-bond acceptors (Lipinski definition) is 4. The number of likely N-dealkylation sites (N-methyl/N-ethyl adjacent to an activating group) is 1. The molecule has 0 atom stereocenters. The monoisotopic (exact) mass is 309 g/mol. The Morgan fingerprint density at radius 2 is 2.14 bits per heavy atom. The Morgan fingerprint density at radius 3 is 2.76 bits per heavy atom. The average molecular weight is 309 g/mol. The third kappa shape index (κ3) is 4.86. The molecule has 114 valence electrons. The second-order valence-electron chi connectivity index (χ2n) is 4.94. The lowest BCUT2D eigenvalue weighted by molar-refractivity contribution is -0.130. The van der Waals surface area contributed by atoms with E-state index in [0.29, 0.717) is 11.4 Å². The number of ether oxygens (including phenoxy) is 1. The van der Waals surface area contributed by atoms with Gasteiger partial charge in [-0.3, -0.25) is 4.79 Å². The maximum absolute atomic E-state index is 11.7. The molecule has 2 rings (SSSR count). The second kappa shape index (κ2) is 7.21. The summed E-state index contributed by atoms with van der Waals surface area (Å²) >= 11 is 1.81. The van der Waals surface area contributed by atoms with Crippen molar-refractivity contribution in [2.45, 2.75) is 6.04 Å². The van der Waals surface area contributed by atoms with E-state index in [1.165, 1.54) is 4.90 Å². The second-order valence-corrected chi connectivity index (χ2v) is 6.01. The molecule has 1 aromatic carbocycles. The zero-order valence-electron chi connectivity index (χ0n) is 12.1. The number of carbonyl (C=O) groups is 2. The maximum Gasteiger partial charge on any atom is 0.319 e. The van der Waals surface area contributed by atoms with Crippen LogP contribution in [0.15, 0.2) is 24.3 Å². The molecule has 2 N–H and O–H groups in total. The van der Waals surface area contributed by atoms with Crippen molar-refractivity contribution < 1.29 is 14.3 Å².